The standard InChI is InChI=1S/C21H15BrN2O4S/c1-11(25)23-13-5-7-16(26)14(10-13)20(27)21-19(17-3-2-8-28-17)24-15-6-4-12(22)9-18(15)29-21/h2-10,24,26H,1H3,(H,23,25). The second-order valence-corrected chi connectivity index (χ2v) is 8.26. The van der Waals surface area contributed by atoms with Crippen LogP contribution in [0.25, 0.3) is 5.70 Å². The van der Waals surface area contributed by atoms with Crippen molar-refractivity contribution in [1.82, 2.24) is 0 Å². The second kappa shape index (κ2) is 7.81. The first kappa shape index (κ1) is 19.4. The van der Waals surface area contributed by atoms with Gasteiger partial charge in [0.1, 0.15) is 5.75 Å². The first-order valence-electron chi connectivity index (χ1n) is 8.60. The van der Waals surface area contributed by atoms with Crippen LogP contribution in [0.1, 0.15) is 23.0 Å². The number of benzene rings is 2. The number of carbonyl (C=O) groups excluding carboxylic acids is 2. The maximum absolute atomic E-state index is 13.4. The zero-order valence-corrected chi connectivity index (χ0v) is 17.6. The molecular weight excluding hydrogens is 456 g/mol. The van der Waals surface area contributed by atoms with Gasteiger partial charge in [0.25, 0.3) is 0 Å². The Kier molecular flexibility index (Phi) is 5.21. The summed E-state index contributed by atoms with van der Waals surface area (Å²) in [6.45, 7) is 1.38. The van der Waals surface area contributed by atoms with E-state index >= 15 is 0 Å². The lowest BCUT2D eigenvalue weighted by Crippen LogP contribution is -2.14. The molecule has 0 unspecified atom stereocenters. The number of aromatic hydroxyl groups is 1. The van der Waals surface area contributed by atoms with Crippen molar-refractivity contribution in [2.45, 2.75) is 11.8 Å². The van der Waals surface area contributed by atoms with Crippen molar-refractivity contribution in [2.24, 2.45) is 0 Å². The Bertz CT molecular complexity index is 1160. The number of amides is 1. The number of thioether (sulfide) groups is 1. The van der Waals surface area contributed by atoms with E-state index in [1.165, 1.54) is 43.1 Å². The fourth-order valence-corrected chi connectivity index (χ4v) is 4.52. The molecule has 4 rings (SSSR count). The highest BCUT2D eigenvalue weighted by molar-refractivity contribution is 9.10. The number of phenolic OH excluding ortho intramolecular Hbond substituents is 1. The topological polar surface area (TPSA) is 91.6 Å². The minimum atomic E-state index is -0.385. The van der Waals surface area contributed by atoms with Crippen LogP contribution in [0.5, 0.6) is 5.75 Å². The van der Waals surface area contributed by atoms with Gasteiger partial charge in [-0.05, 0) is 48.5 Å². The van der Waals surface area contributed by atoms with Crippen LogP contribution in [0.15, 0.2) is 73.5 Å². The van der Waals surface area contributed by atoms with Crippen molar-refractivity contribution >= 4 is 56.5 Å². The second-order valence-electron chi connectivity index (χ2n) is 6.29. The summed E-state index contributed by atoms with van der Waals surface area (Å²) in [6.07, 6.45) is 1.53. The molecule has 0 spiro atoms. The molecule has 146 valence electrons. The van der Waals surface area contributed by atoms with E-state index in [-0.39, 0.29) is 23.0 Å². The van der Waals surface area contributed by atoms with E-state index < -0.39 is 0 Å². The Morgan fingerprint density at radius 2 is 2.00 bits per heavy atom. The van der Waals surface area contributed by atoms with Crippen molar-refractivity contribution in [3.63, 3.8) is 0 Å². The number of rotatable bonds is 4. The highest BCUT2D eigenvalue weighted by Crippen LogP contribution is 2.45. The van der Waals surface area contributed by atoms with Gasteiger partial charge in [0, 0.05) is 22.0 Å². The zero-order valence-electron chi connectivity index (χ0n) is 15.2. The molecule has 6 nitrogen and oxygen atoms in total. The Morgan fingerprint density at radius 3 is 2.72 bits per heavy atom. The number of carbonyl (C=O) groups is 2. The van der Waals surface area contributed by atoms with Gasteiger partial charge in [-0.15, -0.1) is 0 Å². The number of furan rings is 1. The lowest BCUT2D eigenvalue weighted by Gasteiger charge is -2.23. The van der Waals surface area contributed by atoms with Crippen LogP contribution < -0.4 is 10.6 Å². The van der Waals surface area contributed by atoms with Crippen LogP contribution in [0.4, 0.5) is 11.4 Å². The summed E-state index contributed by atoms with van der Waals surface area (Å²) in [5.74, 6) is -0.316. The number of ketones is 1. The highest BCUT2D eigenvalue weighted by Gasteiger charge is 2.28. The van der Waals surface area contributed by atoms with Crippen molar-refractivity contribution in [3.05, 3.63) is 75.5 Å². The Morgan fingerprint density at radius 1 is 1.17 bits per heavy atom. The molecule has 2 aromatic carbocycles. The molecule has 1 amide bonds. The number of hydrogen-bond acceptors (Lipinski definition) is 6. The van der Waals surface area contributed by atoms with Crippen molar-refractivity contribution in [3.8, 4) is 5.75 Å². The van der Waals surface area contributed by atoms with Gasteiger partial charge in [0.2, 0.25) is 11.7 Å². The number of Topliss-reactive ketones (excluding diaryl/α,β-unsaturated/α-hetero) is 1. The van der Waals surface area contributed by atoms with Gasteiger partial charge in [-0.2, -0.15) is 0 Å². The Balaban J connectivity index is 1.81. The molecule has 0 aliphatic carbocycles. The molecular formula is C21H15BrN2O4S. The minimum absolute atomic E-state index is 0.0862. The predicted molar refractivity (Wildman–Crippen MR) is 116 cm³/mol. The number of hydrogen-bond donors (Lipinski definition) is 3. The smallest absolute Gasteiger partial charge is 0.221 e. The average molecular weight is 471 g/mol. The zero-order chi connectivity index (χ0) is 20.5. The molecule has 3 aromatic rings. The van der Waals surface area contributed by atoms with E-state index in [2.05, 4.69) is 26.6 Å². The molecule has 0 fully saturated rings. The molecule has 0 bridgehead atoms. The molecule has 0 saturated heterocycles. The third-order valence-corrected chi connectivity index (χ3v) is 5.82. The summed E-state index contributed by atoms with van der Waals surface area (Å²) in [4.78, 5) is 26.0. The summed E-state index contributed by atoms with van der Waals surface area (Å²) in [5, 5.41) is 16.2. The largest absolute Gasteiger partial charge is 0.507 e. The van der Waals surface area contributed by atoms with Gasteiger partial charge >= 0.3 is 0 Å². The molecule has 3 N–H and O–H groups in total. The molecule has 0 radical (unpaired) electrons. The van der Waals surface area contributed by atoms with Gasteiger partial charge in [-0.1, -0.05) is 27.7 Å². The van der Waals surface area contributed by atoms with E-state index in [4.69, 9.17) is 4.42 Å². The summed E-state index contributed by atoms with van der Waals surface area (Å²) in [5.41, 5.74) is 1.88. The van der Waals surface area contributed by atoms with E-state index in [9.17, 15) is 14.7 Å². The van der Waals surface area contributed by atoms with E-state index in [1.54, 1.807) is 12.1 Å². The highest BCUT2D eigenvalue weighted by atomic mass is 79.9. The molecule has 1 aliphatic rings. The molecule has 1 aromatic heterocycles. The van der Waals surface area contributed by atoms with Crippen molar-refractivity contribution < 1.29 is 19.1 Å². The quantitative estimate of drug-likeness (QED) is 0.345. The maximum Gasteiger partial charge on any atom is 0.221 e. The Labute approximate surface area is 179 Å². The van der Waals surface area contributed by atoms with E-state index in [0.29, 0.717) is 22.0 Å². The Hall–Kier alpha value is -2.97. The van der Waals surface area contributed by atoms with E-state index in [0.717, 1.165) is 15.1 Å². The SMILES string of the molecule is CC(=O)Nc1ccc(O)c(C(=O)C2=C(c3ccco3)Nc3ccc(Br)cc3S2)c1. The average Bonchev–Trinajstić information content (AvgIpc) is 3.22. The normalized spacial score (nSPS) is 12.9. The van der Waals surface area contributed by atoms with Gasteiger partial charge in [-0.3, -0.25) is 9.59 Å². The fraction of sp³-hybridized carbons (Fsp3) is 0.0476. The molecule has 0 saturated carbocycles. The number of allylic oxidation sites excluding steroid dienone is 1. The van der Waals surface area contributed by atoms with Gasteiger partial charge in [0.15, 0.2) is 5.76 Å². The number of fused-ring (bicyclic) bond motifs is 1. The molecule has 1 aliphatic heterocycles. The van der Waals surface area contributed by atoms with Crippen LogP contribution in [-0.2, 0) is 4.79 Å². The van der Waals surface area contributed by atoms with Crippen LogP contribution in [0, 0.1) is 0 Å². The van der Waals surface area contributed by atoms with Crippen LogP contribution in [0.2, 0.25) is 0 Å². The van der Waals surface area contributed by atoms with Crippen molar-refractivity contribution in [2.75, 3.05) is 10.6 Å². The van der Waals surface area contributed by atoms with Crippen molar-refractivity contribution in [1.29, 1.82) is 0 Å². The third-order valence-electron chi connectivity index (χ3n) is 4.18. The molecule has 2 heterocycles. The summed E-state index contributed by atoms with van der Waals surface area (Å²) in [7, 11) is 0. The van der Waals surface area contributed by atoms with Crippen LogP contribution in [0.3, 0.4) is 0 Å². The van der Waals surface area contributed by atoms with Gasteiger partial charge in [-0.25, -0.2) is 0 Å². The molecule has 0 atom stereocenters. The summed E-state index contributed by atoms with van der Waals surface area (Å²) in [6, 6.07) is 13.6. The first-order chi connectivity index (χ1) is 13.9. The van der Waals surface area contributed by atoms with Crippen LogP contribution in [-0.4, -0.2) is 16.8 Å². The summed E-state index contributed by atoms with van der Waals surface area (Å²) < 4.78 is 6.40. The van der Waals surface area contributed by atoms with Gasteiger partial charge in [0.05, 0.1) is 28.1 Å². The van der Waals surface area contributed by atoms with Gasteiger partial charge < -0.3 is 20.2 Å². The maximum atomic E-state index is 13.4. The lowest BCUT2D eigenvalue weighted by molar-refractivity contribution is -0.114. The third kappa shape index (κ3) is 3.94. The van der Waals surface area contributed by atoms with E-state index in [1.807, 2.05) is 18.2 Å². The van der Waals surface area contributed by atoms with Crippen LogP contribution >= 0.6 is 27.7 Å². The minimum Gasteiger partial charge on any atom is -0.507 e. The monoisotopic (exact) mass is 470 g/mol. The lowest BCUT2D eigenvalue weighted by atomic mass is 10.1. The summed E-state index contributed by atoms with van der Waals surface area (Å²) >= 11 is 4.74. The fourth-order valence-electron chi connectivity index (χ4n) is 2.91. The predicted octanol–water partition coefficient (Wildman–Crippen LogP) is 5.48. The number of phenols is 1. The number of nitrogens with one attached hydrogen (secondary N) is 2. The molecule has 29 heavy (non-hydrogen) atoms. The number of anilines is 2. The molecule has 8 heteroatoms. The number of halogens is 1. The first-order valence-corrected chi connectivity index (χ1v) is 10.2.